The predicted octanol–water partition coefficient (Wildman–Crippen LogP) is 11.7. The molecule has 0 amide bonds. The lowest BCUT2D eigenvalue weighted by molar-refractivity contribution is 1.33. The van der Waals surface area contributed by atoms with Gasteiger partial charge in [0.05, 0.1) is 5.52 Å². The summed E-state index contributed by atoms with van der Waals surface area (Å²) in [5.41, 5.74) is 12.9. The first-order valence-electron chi connectivity index (χ1n) is 16.0. The summed E-state index contributed by atoms with van der Waals surface area (Å²) in [5, 5.41) is 8.95. The third-order valence-electron chi connectivity index (χ3n) is 8.12. The first kappa shape index (κ1) is 32.0. The van der Waals surface area contributed by atoms with Gasteiger partial charge in [-0.15, -0.1) is 0 Å². The van der Waals surface area contributed by atoms with Crippen LogP contribution in [0.25, 0.3) is 76.6 Å². The Labute approximate surface area is 272 Å². The molecule has 3 heteroatoms. The van der Waals surface area contributed by atoms with Crippen molar-refractivity contribution in [1.82, 2.24) is 9.97 Å². The normalized spacial score (nSPS) is 10.7. The third-order valence-corrected chi connectivity index (χ3v) is 8.12. The van der Waals surface area contributed by atoms with Gasteiger partial charge in [0.25, 0.3) is 0 Å². The summed E-state index contributed by atoms with van der Waals surface area (Å²) in [6.45, 7) is 8.00. The van der Waals surface area contributed by atoms with Gasteiger partial charge in [-0.3, -0.25) is 9.97 Å². The largest absolute Gasteiger partial charge is 0.333 e. The summed E-state index contributed by atoms with van der Waals surface area (Å²) >= 11 is 0. The molecule has 8 rings (SSSR count). The van der Waals surface area contributed by atoms with Crippen molar-refractivity contribution in [2.24, 2.45) is 5.73 Å². The highest BCUT2D eigenvalue weighted by Gasteiger charge is 2.15. The molecule has 0 fully saturated rings. The topological polar surface area (TPSA) is 51.8 Å². The number of aromatic nitrogens is 2. The molecular weight excluding hydrogens is 558 g/mol. The molecule has 228 valence electrons. The first-order chi connectivity index (χ1) is 22.7. The van der Waals surface area contributed by atoms with Crippen molar-refractivity contribution in [3.05, 3.63) is 146 Å². The molecule has 0 aliphatic carbocycles. The van der Waals surface area contributed by atoms with Crippen LogP contribution in [0.5, 0.6) is 0 Å². The Hall–Kier alpha value is -5.38. The lowest BCUT2D eigenvalue weighted by atomic mass is 9.87. The molecule has 2 heterocycles. The van der Waals surface area contributed by atoms with Crippen molar-refractivity contribution < 1.29 is 0 Å². The molecule has 0 atom stereocenters. The van der Waals surface area contributed by atoms with E-state index in [1.807, 2.05) is 64.5 Å². The van der Waals surface area contributed by atoms with Crippen molar-refractivity contribution in [3.63, 3.8) is 0 Å². The Kier molecular flexibility index (Phi) is 10.5. The lowest BCUT2D eigenvalue weighted by Gasteiger charge is -2.17. The maximum Gasteiger partial charge on any atom is 0.0702 e. The SMILES string of the molecule is C/C=C\C.CC.CN.c1cnc2ccc(-c3ccc4ccc5ccc(-c6ccc(-c7ccncc7)cc6)c6ccc3c4c56)cc2c1. The van der Waals surface area contributed by atoms with Crippen LogP contribution in [0, 0.1) is 0 Å². The van der Waals surface area contributed by atoms with Crippen molar-refractivity contribution >= 4 is 43.2 Å². The van der Waals surface area contributed by atoms with Crippen LogP contribution in [-0.2, 0) is 0 Å². The highest BCUT2D eigenvalue weighted by molar-refractivity contribution is 6.27. The van der Waals surface area contributed by atoms with E-state index in [4.69, 9.17) is 0 Å². The molecule has 46 heavy (non-hydrogen) atoms. The van der Waals surface area contributed by atoms with Crippen LogP contribution < -0.4 is 5.73 Å². The molecule has 0 aliphatic rings. The fourth-order valence-electron chi connectivity index (χ4n) is 5.93. The number of hydrogen-bond acceptors (Lipinski definition) is 3. The second-order valence-electron chi connectivity index (χ2n) is 10.5. The molecule has 6 aromatic carbocycles. The molecule has 0 radical (unpaired) electrons. The molecule has 0 spiro atoms. The number of pyridine rings is 2. The predicted molar refractivity (Wildman–Crippen MR) is 201 cm³/mol. The second-order valence-corrected chi connectivity index (χ2v) is 10.5. The Morgan fingerprint density at radius 3 is 1.57 bits per heavy atom. The number of fused-ring (bicyclic) bond motifs is 1. The number of benzene rings is 6. The number of allylic oxidation sites excluding steroid dienone is 2. The van der Waals surface area contributed by atoms with E-state index in [9.17, 15) is 0 Å². The van der Waals surface area contributed by atoms with E-state index < -0.39 is 0 Å². The van der Waals surface area contributed by atoms with Gasteiger partial charge in [-0.05, 0) is 117 Å². The summed E-state index contributed by atoms with van der Waals surface area (Å²) in [5.74, 6) is 0. The van der Waals surface area contributed by atoms with E-state index in [1.54, 1.807) is 0 Å². The fourth-order valence-corrected chi connectivity index (χ4v) is 5.93. The monoisotopic (exact) mass is 599 g/mol. The van der Waals surface area contributed by atoms with E-state index in [1.165, 1.54) is 72.7 Å². The van der Waals surface area contributed by atoms with E-state index in [0.29, 0.717) is 0 Å². The second kappa shape index (κ2) is 15.1. The van der Waals surface area contributed by atoms with Gasteiger partial charge in [-0.2, -0.15) is 0 Å². The molecule has 0 saturated carbocycles. The van der Waals surface area contributed by atoms with E-state index in [2.05, 4.69) is 125 Å². The Bertz CT molecular complexity index is 2190. The van der Waals surface area contributed by atoms with Crippen molar-refractivity contribution in [1.29, 1.82) is 0 Å². The van der Waals surface area contributed by atoms with Gasteiger partial charge in [-0.25, -0.2) is 0 Å². The molecule has 3 nitrogen and oxygen atoms in total. The molecule has 0 saturated heterocycles. The third kappa shape index (κ3) is 6.24. The highest BCUT2D eigenvalue weighted by Crippen LogP contribution is 2.42. The Balaban J connectivity index is 0.000000478. The highest BCUT2D eigenvalue weighted by atomic mass is 14.6. The minimum absolute atomic E-state index is 1.02. The summed E-state index contributed by atoms with van der Waals surface area (Å²) < 4.78 is 0. The van der Waals surface area contributed by atoms with E-state index >= 15 is 0 Å². The fraction of sp³-hybridized carbons (Fsp3) is 0.116. The van der Waals surface area contributed by atoms with Crippen LogP contribution in [0.1, 0.15) is 27.7 Å². The molecule has 8 aromatic rings. The van der Waals surface area contributed by atoms with Crippen molar-refractivity contribution in [3.8, 4) is 33.4 Å². The molecule has 0 unspecified atom stereocenters. The lowest BCUT2D eigenvalue weighted by Crippen LogP contribution is -1.90. The van der Waals surface area contributed by atoms with E-state index in [-0.39, 0.29) is 0 Å². The quantitative estimate of drug-likeness (QED) is 0.162. The minimum atomic E-state index is 1.02. The van der Waals surface area contributed by atoms with Crippen molar-refractivity contribution in [2.75, 3.05) is 7.05 Å². The average molecular weight is 600 g/mol. The summed E-state index contributed by atoms with van der Waals surface area (Å²) in [6, 6.07) is 41.8. The van der Waals surface area contributed by atoms with Gasteiger partial charge in [0.1, 0.15) is 0 Å². The maximum atomic E-state index is 4.50. The van der Waals surface area contributed by atoms with Crippen LogP contribution in [-0.4, -0.2) is 17.0 Å². The smallest absolute Gasteiger partial charge is 0.0702 e. The van der Waals surface area contributed by atoms with Crippen LogP contribution in [0.3, 0.4) is 0 Å². The summed E-state index contributed by atoms with van der Waals surface area (Å²) in [7, 11) is 1.50. The van der Waals surface area contributed by atoms with Crippen LogP contribution in [0.15, 0.2) is 146 Å². The van der Waals surface area contributed by atoms with Gasteiger partial charge < -0.3 is 5.73 Å². The zero-order chi connectivity index (χ0) is 32.5. The van der Waals surface area contributed by atoms with Crippen LogP contribution in [0.4, 0.5) is 0 Å². The van der Waals surface area contributed by atoms with Gasteiger partial charge >= 0.3 is 0 Å². The zero-order valence-electron chi connectivity index (χ0n) is 27.3. The van der Waals surface area contributed by atoms with Crippen LogP contribution in [0.2, 0.25) is 0 Å². The van der Waals surface area contributed by atoms with Gasteiger partial charge in [0.2, 0.25) is 0 Å². The molecule has 2 N–H and O–H groups in total. The maximum absolute atomic E-state index is 4.50. The van der Waals surface area contributed by atoms with Crippen molar-refractivity contribution in [2.45, 2.75) is 27.7 Å². The van der Waals surface area contributed by atoms with Crippen LogP contribution >= 0.6 is 0 Å². The molecule has 0 aliphatic heterocycles. The number of rotatable bonds is 3. The molecular formula is C43H41N3. The van der Waals surface area contributed by atoms with E-state index in [0.717, 1.165) is 10.9 Å². The Morgan fingerprint density at radius 1 is 0.478 bits per heavy atom. The zero-order valence-corrected chi connectivity index (χ0v) is 27.3. The average Bonchev–Trinajstić information content (AvgIpc) is 3.15. The minimum Gasteiger partial charge on any atom is -0.333 e. The Morgan fingerprint density at radius 2 is 0.978 bits per heavy atom. The summed E-state index contributed by atoms with van der Waals surface area (Å²) in [6.07, 6.45) is 9.53. The number of hydrogen-bond donors (Lipinski definition) is 1. The van der Waals surface area contributed by atoms with Gasteiger partial charge in [-0.1, -0.05) is 111 Å². The van der Waals surface area contributed by atoms with Gasteiger partial charge in [0, 0.05) is 24.0 Å². The summed E-state index contributed by atoms with van der Waals surface area (Å²) in [4.78, 5) is 8.65. The number of nitrogens with zero attached hydrogens (tertiary/aromatic N) is 2. The van der Waals surface area contributed by atoms with Gasteiger partial charge in [0.15, 0.2) is 0 Å². The standard InChI is InChI=1S/C36H22N2.C4H8.C2H6.CH5N/c1-2-29-22-28(11-16-34(29)38-19-1)31-13-10-27-8-7-26-9-12-30(32-14-15-33(31)36(27)35(26)32)25-5-3-23(4-6-25)24-17-20-37-21-18-24;1-3-4-2;2*1-2/h1-22H;3-4H,1-2H3;1-2H3;2H2,1H3/b;4-3-;;. The molecule has 2 aromatic heterocycles. The molecule has 0 bridgehead atoms. The first-order valence-corrected chi connectivity index (χ1v) is 16.0. The number of nitrogens with two attached hydrogens (primary N) is 1.